The van der Waals surface area contributed by atoms with E-state index in [-0.39, 0.29) is 6.61 Å². The Balaban J connectivity index is 2.48. The molecular formula is C14H15BrF2O3. The fourth-order valence-electron chi connectivity index (χ4n) is 2.60. The lowest BCUT2D eigenvalue weighted by atomic mass is 9.61. The first-order valence-corrected chi connectivity index (χ1v) is 7.03. The van der Waals surface area contributed by atoms with Crippen molar-refractivity contribution in [3.05, 3.63) is 28.2 Å². The summed E-state index contributed by atoms with van der Waals surface area (Å²) in [7, 11) is 1.45. The fraction of sp³-hybridized carbons (Fsp3) is 0.500. The third-order valence-corrected chi connectivity index (χ3v) is 3.96. The minimum atomic E-state index is -2.85. The zero-order chi connectivity index (χ0) is 15.0. The Hall–Kier alpha value is -1.17. The van der Waals surface area contributed by atoms with Crippen LogP contribution in [0.15, 0.2) is 22.7 Å². The molecule has 0 N–H and O–H groups in total. The third-order valence-electron chi connectivity index (χ3n) is 3.46. The maximum absolute atomic E-state index is 13.4. The number of rotatable bonds is 4. The summed E-state index contributed by atoms with van der Waals surface area (Å²) in [5, 5.41) is 0. The first-order valence-electron chi connectivity index (χ1n) is 6.24. The molecule has 20 heavy (non-hydrogen) atoms. The predicted molar refractivity (Wildman–Crippen MR) is 73.2 cm³/mol. The predicted octanol–water partition coefficient (Wildman–Crippen LogP) is 3.69. The van der Waals surface area contributed by atoms with Crippen LogP contribution in [0.3, 0.4) is 0 Å². The van der Waals surface area contributed by atoms with Gasteiger partial charge in [0, 0.05) is 22.9 Å². The van der Waals surface area contributed by atoms with E-state index >= 15 is 0 Å². The van der Waals surface area contributed by atoms with Gasteiger partial charge in [0.1, 0.15) is 11.2 Å². The summed E-state index contributed by atoms with van der Waals surface area (Å²) in [6.45, 7) is 1.81. The Bertz CT molecular complexity index is 523. The molecule has 1 aromatic carbocycles. The van der Waals surface area contributed by atoms with Gasteiger partial charge in [0.15, 0.2) is 0 Å². The smallest absolute Gasteiger partial charge is 0.317 e. The molecule has 1 aliphatic carbocycles. The molecule has 0 saturated heterocycles. The monoisotopic (exact) mass is 348 g/mol. The number of esters is 1. The van der Waals surface area contributed by atoms with E-state index in [2.05, 4.69) is 15.9 Å². The zero-order valence-electron chi connectivity index (χ0n) is 11.2. The van der Waals surface area contributed by atoms with Crippen LogP contribution in [0.5, 0.6) is 5.75 Å². The van der Waals surface area contributed by atoms with Crippen LogP contribution in [0.25, 0.3) is 0 Å². The minimum absolute atomic E-state index is 0.155. The highest BCUT2D eigenvalue weighted by Crippen LogP contribution is 2.56. The van der Waals surface area contributed by atoms with Crippen molar-refractivity contribution in [3.8, 4) is 5.75 Å². The van der Waals surface area contributed by atoms with E-state index in [0.29, 0.717) is 15.8 Å². The molecule has 0 bridgehead atoms. The van der Waals surface area contributed by atoms with Gasteiger partial charge in [0.2, 0.25) is 0 Å². The maximum Gasteiger partial charge on any atom is 0.317 e. The van der Waals surface area contributed by atoms with Gasteiger partial charge in [0.05, 0.1) is 13.7 Å². The van der Waals surface area contributed by atoms with Crippen LogP contribution in [0.1, 0.15) is 25.3 Å². The molecular weight excluding hydrogens is 334 g/mol. The van der Waals surface area contributed by atoms with E-state index in [1.54, 1.807) is 25.1 Å². The second-order valence-corrected chi connectivity index (χ2v) is 5.77. The van der Waals surface area contributed by atoms with E-state index in [1.165, 1.54) is 7.11 Å². The molecule has 0 radical (unpaired) electrons. The number of hydrogen-bond donors (Lipinski definition) is 0. The average molecular weight is 349 g/mol. The molecule has 0 unspecified atom stereocenters. The number of ether oxygens (including phenoxy) is 2. The highest BCUT2D eigenvalue weighted by atomic mass is 79.9. The van der Waals surface area contributed by atoms with Crippen molar-refractivity contribution in [1.82, 2.24) is 0 Å². The molecule has 2 rings (SSSR count). The standard InChI is InChI=1S/C14H15BrF2O3/c1-3-20-12(18)13(7-14(16,17)8-13)10-6-9(15)4-5-11(10)19-2/h4-6H,3,7-8H2,1-2H3. The molecule has 0 heterocycles. The van der Waals surface area contributed by atoms with Crippen LogP contribution in [0.4, 0.5) is 8.78 Å². The van der Waals surface area contributed by atoms with Gasteiger partial charge in [-0.2, -0.15) is 0 Å². The molecule has 0 amide bonds. The Morgan fingerprint density at radius 1 is 1.40 bits per heavy atom. The lowest BCUT2D eigenvalue weighted by molar-refractivity contribution is -0.179. The summed E-state index contributed by atoms with van der Waals surface area (Å²) in [6.07, 6.45) is -1.10. The maximum atomic E-state index is 13.4. The Labute approximate surface area is 124 Å². The number of alkyl halides is 2. The molecule has 6 heteroatoms. The van der Waals surface area contributed by atoms with Crippen molar-refractivity contribution in [2.75, 3.05) is 13.7 Å². The summed E-state index contributed by atoms with van der Waals surface area (Å²) in [5.74, 6) is -3.06. The summed E-state index contributed by atoms with van der Waals surface area (Å²) < 4.78 is 37.7. The van der Waals surface area contributed by atoms with E-state index in [1.807, 2.05) is 0 Å². The van der Waals surface area contributed by atoms with Crippen LogP contribution in [-0.2, 0) is 14.9 Å². The number of hydrogen-bond acceptors (Lipinski definition) is 3. The fourth-order valence-corrected chi connectivity index (χ4v) is 2.96. The second-order valence-electron chi connectivity index (χ2n) is 4.86. The van der Waals surface area contributed by atoms with Crippen molar-refractivity contribution in [1.29, 1.82) is 0 Å². The third kappa shape index (κ3) is 2.53. The number of benzene rings is 1. The molecule has 0 atom stereocenters. The highest BCUT2D eigenvalue weighted by Gasteiger charge is 2.63. The van der Waals surface area contributed by atoms with Gasteiger partial charge in [-0.1, -0.05) is 15.9 Å². The number of methoxy groups -OCH3 is 1. The Morgan fingerprint density at radius 3 is 2.55 bits per heavy atom. The van der Waals surface area contributed by atoms with Crippen LogP contribution < -0.4 is 4.74 Å². The largest absolute Gasteiger partial charge is 0.496 e. The molecule has 1 aromatic rings. The summed E-state index contributed by atoms with van der Waals surface area (Å²) in [4.78, 5) is 12.2. The summed E-state index contributed by atoms with van der Waals surface area (Å²) in [5.41, 5.74) is -0.881. The first kappa shape index (κ1) is 15.2. The summed E-state index contributed by atoms with van der Waals surface area (Å²) >= 11 is 3.29. The first-order chi connectivity index (χ1) is 9.34. The number of carbonyl (C=O) groups excluding carboxylic acids is 1. The Kier molecular flexibility index (Phi) is 4.04. The molecule has 0 spiro atoms. The summed E-state index contributed by atoms with van der Waals surface area (Å²) in [6, 6.07) is 5.03. The Morgan fingerprint density at radius 2 is 2.05 bits per heavy atom. The van der Waals surface area contributed by atoms with Gasteiger partial charge >= 0.3 is 5.97 Å². The van der Waals surface area contributed by atoms with E-state index < -0.39 is 30.1 Å². The van der Waals surface area contributed by atoms with Crippen molar-refractivity contribution in [2.45, 2.75) is 31.1 Å². The van der Waals surface area contributed by atoms with Gasteiger partial charge in [-0.15, -0.1) is 0 Å². The van der Waals surface area contributed by atoms with Crippen LogP contribution in [0.2, 0.25) is 0 Å². The van der Waals surface area contributed by atoms with Crippen LogP contribution in [-0.4, -0.2) is 25.6 Å². The van der Waals surface area contributed by atoms with Crippen molar-refractivity contribution >= 4 is 21.9 Å². The molecule has 0 aromatic heterocycles. The van der Waals surface area contributed by atoms with Crippen molar-refractivity contribution in [3.63, 3.8) is 0 Å². The second kappa shape index (κ2) is 5.31. The molecule has 110 valence electrons. The van der Waals surface area contributed by atoms with Crippen LogP contribution >= 0.6 is 15.9 Å². The van der Waals surface area contributed by atoms with Gasteiger partial charge < -0.3 is 9.47 Å². The molecule has 1 aliphatic rings. The van der Waals surface area contributed by atoms with Gasteiger partial charge in [-0.25, -0.2) is 8.78 Å². The van der Waals surface area contributed by atoms with E-state index in [4.69, 9.17) is 9.47 Å². The highest BCUT2D eigenvalue weighted by molar-refractivity contribution is 9.10. The topological polar surface area (TPSA) is 35.5 Å². The van der Waals surface area contributed by atoms with E-state index in [0.717, 1.165) is 0 Å². The average Bonchev–Trinajstić information content (AvgIpc) is 2.35. The van der Waals surface area contributed by atoms with E-state index in [9.17, 15) is 13.6 Å². The SMILES string of the molecule is CCOC(=O)C1(c2cc(Br)ccc2OC)CC(F)(F)C1. The minimum Gasteiger partial charge on any atom is -0.496 e. The molecule has 1 saturated carbocycles. The molecule has 3 nitrogen and oxygen atoms in total. The number of halogens is 3. The normalized spacial score (nSPS) is 19.1. The lowest BCUT2D eigenvalue weighted by Gasteiger charge is -2.45. The number of carbonyl (C=O) groups is 1. The molecule has 1 fully saturated rings. The van der Waals surface area contributed by atoms with Crippen molar-refractivity contribution in [2.24, 2.45) is 0 Å². The molecule has 0 aliphatic heterocycles. The van der Waals surface area contributed by atoms with Gasteiger partial charge in [-0.3, -0.25) is 4.79 Å². The van der Waals surface area contributed by atoms with Crippen molar-refractivity contribution < 1.29 is 23.0 Å². The van der Waals surface area contributed by atoms with Gasteiger partial charge in [0.25, 0.3) is 5.92 Å². The zero-order valence-corrected chi connectivity index (χ0v) is 12.8. The lowest BCUT2D eigenvalue weighted by Crippen LogP contribution is -2.55. The van der Waals surface area contributed by atoms with Crippen LogP contribution in [0, 0.1) is 0 Å². The van der Waals surface area contributed by atoms with Gasteiger partial charge in [-0.05, 0) is 25.1 Å². The quantitative estimate of drug-likeness (QED) is 0.778.